The number of carbonyl (C=O) groups is 1. The van der Waals surface area contributed by atoms with Gasteiger partial charge in [0, 0.05) is 12.7 Å². The minimum Gasteiger partial charge on any atom is -0.491 e. The predicted molar refractivity (Wildman–Crippen MR) is 115 cm³/mol. The van der Waals surface area contributed by atoms with Crippen molar-refractivity contribution in [1.82, 2.24) is 0 Å². The third kappa shape index (κ3) is 6.67. The highest BCUT2D eigenvalue weighted by atomic mass is 32.2. The van der Waals surface area contributed by atoms with E-state index >= 15 is 0 Å². The Kier molecular flexibility index (Phi) is 7.50. The maximum Gasteiger partial charge on any atom is 0.265 e. The van der Waals surface area contributed by atoms with E-state index in [1.165, 1.54) is 11.4 Å². The Hall–Kier alpha value is -2.74. The molecule has 1 N–H and O–H groups in total. The van der Waals surface area contributed by atoms with Crippen LogP contribution in [0.15, 0.2) is 48.5 Å². The van der Waals surface area contributed by atoms with Crippen molar-refractivity contribution in [3.63, 3.8) is 0 Å². The van der Waals surface area contributed by atoms with Gasteiger partial charge >= 0.3 is 0 Å². The van der Waals surface area contributed by atoms with Gasteiger partial charge in [-0.2, -0.15) is 0 Å². The van der Waals surface area contributed by atoms with Crippen LogP contribution >= 0.6 is 0 Å². The molecule has 158 valence electrons. The van der Waals surface area contributed by atoms with Crippen LogP contribution in [0.2, 0.25) is 0 Å². The molecule has 0 spiro atoms. The third-order valence-electron chi connectivity index (χ3n) is 4.13. The molecule has 2 rings (SSSR count). The van der Waals surface area contributed by atoms with Crippen LogP contribution < -0.4 is 19.1 Å². The molecule has 0 heterocycles. The van der Waals surface area contributed by atoms with E-state index in [0.717, 1.165) is 12.0 Å². The second-order valence-corrected chi connectivity index (χ2v) is 8.93. The van der Waals surface area contributed by atoms with Crippen molar-refractivity contribution in [1.29, 1.82) is 0 Å². The zero-order valence-corrected chi connectivity index (χ0v) is 18.2. The Balaban J connectivity index is 2.01. The molecule has 0 aliphatic heterocycles. The summed E-state index contributed by atoms with van der Waals surface area (Å²) in [4.78, 5) is 12.6. The highest BCUT2D eigenvalue weighted by Crippen LogP contribution is 2.22. The molecule has 0 saturated heterocycles. The van der Waals surface area contributed by atoms with Crippen LogP contribution in [0.1, 0.15) is 27.2 Å². The molecule has 7 nitrogen and oxygen atoms in total. The van der Waals surface area contributed by atoms with Gasteiger partial charge in [-0.15, -0.1) is 0 Å². The van der Waals surface area contributed by atoms with Crippen LogP contribution in [-0.2, 0) is 14.8 Å². The molecule has 29 heavy (non-hydrogen) atoms. The summed E-state index contributed by atoms with van der Waals surface area (Å²) in [5.41, 5.74) is 1.17. The summed E-state index contributed by atoms with van der Waals surface area (Å²) >= 11 is 0. The number of sulfonamides is 1. The zero-order valence-electron chi connectivity index (χ0n) is 17.4. The number of benzene rings is 2. The fourth-order valence-electron chi connectivity index (χ4n) is 2.52. The predicted octanol–water partition coefficient (Wildman–Crippen LogP) is 3.67. The fourth-order valence-corrected chi connectivity index (χ4v) is 3.03. The number of rotatable bonds is 9. The second kappa shape index (κ2) is 9.65. The van der Waals surface area contributed by atoms with Gasteiger partial charge < -0.3 is 14.8 Å². The Morgan fingerprint density at radius 3 is 2.00 bits per heavy atom. The van der Waals surface area contributed by atoms with Gasteiger partial charge in [0.15, 0.2) is 6.10 Å². The Bertz CT molecular complexity index is 909. The van der Waals surface area contributed by atoms with Crippen LogP contribution in [0.25, 0.3) is 0 Å². The fraction of sp³-hybridized carbons (Fsp3) is 0.381. The molecule has 2 aromatic rings. The first-order chi connectivity index (χ1) is 13.6. The van der Waals surface area contributed by atoms with Crippen molar-refractivity contribution in [2.24, 2.45) is 0 Å². The highest BCUT2D eigenvalue weighted by Gasteiger charge is 2.19. The minimum absolute atomic E-state index is 0.0805. The molecule has 1 atom stereocenters. The van der Waals surface area contributed by atoms with Crippen LogP contribution in [-0.4, -0.2) is 39.8 Å². The van der Waals surface area contributed by atoms with E-state index in [2.05, 4.69) is 5.32 Å². The lowest BCUT2D eigenvalue weighted by Crippen LogP contribution is -2.32. The average Bonchev–Trinajstić information content (AvgIpc) is 2.66. The molecule has 0 fully saturated rings. The number of hydrogen-bond donors (Lipinski definition) is 1. The minimum atomic E-state index is -3.33. The van der Waals surface area contributed by atoms with Crippen LogP contribution in [0, 0.1) is 0 Å². The number of ether oxygens (including phenoxy) is 2. The van der Waals surface area contributed by atoms with Gasteiger partial charge in [-0.3, -0.25) is 9.10 Å². The molecular weight excluding hydrogens is 392 g/mol. The van der Waals surface area contributed by atoms with Crippen LogP contribution in [0.5, 0.6) is 11.5 Å². The molecule has 0 radical (unpaired) electrons. The summed E-state index contributed by atoms with van der Waals surface area (Å²) in [6.07, 6.45) is 1.01. The summed E-state index contributed by atoms with van der Waals surface area (Å²) in [5, 5.41) is 2.84. The molecular formula is C21H28N2O5S. The zero-order chi connectivity index (χ0) is 21.6. The number of hydrogen-bond acceptors (Lipinski definition) is 5. The summed E-state index contributed by atoms with van der Waals surface area (Å²) in [6.45, 7) is 5.75. The third-order valence-corrected chi connectivity index (χ3v) is 5.34. The van der Waals surface area contributed by atoms with Crippen molar-refractivity contribution >= 4 is 27.3 Å². The van der Waals surface area contributed by atoms with Gasteiger partial charge in [0.1, 0.15) is 11.5 Å². The standard InChI is InChI=1S/C21H28N2O5S/c1-6-20(21(24)22-16-7-11-18(12-8-16)27-15(2)3)28-19-13-9-17(10-14-19)23(4)29(5,25)26/h7-15,20H,6H2,1-5H3,(H,22,24). The number of nitrogens with zero attached hydrogens (tertiary/aromatic N) is 1. The number of carbonyl (C=O) groups excluding carboxylic acids is 1. The summed E-state index contributed by atoms with van der Waals surface area (Å²) in [7, 11) is -1.86. The van der Waals surface area contributed by atoms with Gasteiger partial charge in [-0.05, 0) is 68.8 Å². The molecule has 2 aromatic carbocycles. The second-order valence-electron chi connectivity index (χ2n) is 6.92. The van der Waals surface area contributed by atoms with E-state index < -0.39 is 16.1 Å². The first-order valence-electron chi connectivity index (χ1n) is 9.38. The van der Waals surface area contributed by atoms with Crippen molar-refractivity contribution in [3.05, 3.63) is 48.5 Å². The van der Waals surface area contributed by atoms with Crippen LogP contribution in [0.4, 0.5) is 11.4 Å². The lowest BCUT2D eigenvalue weighted by Gasteiger charge is -2.19. The molecule has 8 heteroatoms. The molecule has 0 aliphatic rings. The van der Waals surface area contributed by atoms with Crippen molar-refractivity contribution in [2.75, 3.05) is 22.9 Å². The van der Waals surface area contributed by atoms with Gasteiger partial charge in [0.2, 0.25) is 10.0 Å². The average molecular weight is 421 g/mol. The largest absolute Gasteiger partial charge is 0.491 e. The maximum atomic E-state index is 12.6. The first kappa shape index (κ1) is 22.5. The summed E-state index contributed by atoms with van der Waals surface area (Å²) in [5.74, 6) is 0.959. The van der Waals surface area contributed by atoms with E-state index in [1.807, 2.05) is 20.8 Å². The maximum absolute atomic E-state index is 12.6. The van der Waals surface area contributed by atoms with Gasteiger partial charge in [0.25, 0.3) is 5.91 Å². The Morgan fingerprint density at radius 2 is 1.52 bits per heavy atom. The SMILES string of the molecule is CCC(Oc1ccc(N(C)S(C)(=O)=O)cc1)C(=O)Nc1ccc(OC(C)C)cc1. The number of amides is 1. The number of anilines is 2. The smallest absolute Gasteiger partial charge is 0.265 e. The van der Waals surface area contributed by atoms with Gasteiger partial charge in [0.05, 0.1) is 18.0 Å². The van der Waals surface area contributed by atoms with E-state index in [1.54, 1.807) is 48.5 Å². The lowest BCUT2D eigenvalue weighted by molar-refractivity contribution is -0.122. The quantitative estimate of drug-likeness (QED) is 0.669. The summed E-state index contributed by atoms with van der Waals surface area (Å²) in [6, 6.07) is 13.7. The molecule has 1 unspecified atom stereocenters. The van der Waals surface area contributed by atoms with Crippen LogP contribution in [0.3, 0.4) is 0 Å². The van der Waals surface area contributed by atoms with E-state index in [9.17, 15) is 13.2 Å². The topological polar surface area (TPSA) is 84.9 Å². The highest BCUT2D eigenvalue weighted by molar-refractivity contribution is 7.92. The number of nitrogens with one attached hydrogen (secondary N) is 1. The Labute approximate surface area is 172 Å². The van der Waals surface area contributed by atoms with Crippen molar-refractivity contribution < 1.29 is 22.7 Å². The molecule has 0 bridgehead atoms. The Morgan fingerprint density at radius 1 is 1.00 bits per heavy atom. The monoisotopic (exact) mass is 420 g/mol. The normalized spacial score (nSPS) is 12.3. The van der Waals surface area contributed by atoms with Crippen molar-refractivity contribution in [3.8, 4) is 11.5 Å². The lowest BCUT2D eigenvalue weighted by atomic mass is 10.2. The van der Waals surface area contributed by atoms with E-state index in [-0.39, 0.29) is 12.0 Å². The molecule has 1 amide bonds. The molecule has 0 saturated carbocycles. The first-order valence-corrected chi connectivity index (χ1v) is 11.2. The molecule has 0 aromatic heterocycles. The van der Waals surface area contributed by atoms with E-state index in [4.69, 9.17) is 9.47 Å². The molecule has 0 aliphatic carbocycles. The summed E-state index contributed by atoms with van der Waals surface area (Å²) < 4.78 is 35.8. The van der Waals surface area contributed by atoms with E-state index in [0.29, 0.717) is 23.5 Å². The van der Waals surface area contributed by atoms with Gasteiger partial charge in [-0.25, -0.2) is 8.42 Å². The van der Waals surface area contributed by atoms with Gasteiger partial charge in [-0.1, -0.05) is 6.92 Å². The van der Waals surface area contributed by atoms with Crippen molar-refractivity contribution in [2.45, 2.75) is 39.4 Å².